The van der Waals surface area contributed by atoms with E-state index in [9.17, 15) is 9.59 Å². The maximum Gasteiger partial charge on any atom is 0.407 e. The average molecular weight is 293 g/mol. The van der Waals surface area contributed by atoms with Gasteiger partial charge in [0.1, 0.15) is 6.04 Å². The summed E-state index contributed by atoms with van der Waals surface area (Å²) in [6, 6.07) is 8.73. The number of amides is 1. The number of ether oxygens (including phenoxy) is 2. The van der Waals surface area contributed by atoms with E-state index in [1.165, 1.54) is 0 Å². The van der Waals surface area contributed by atoms with Crippen molar-refractivity contribution in [3.8, 4) is 0 Å². The van der Waals surface area contributed by atoms with Crippen molar-refractivity contribution in [2.45, 2.75) is 39.2 Å². The molecule has 5 heteroatoms. The average Bonchev–Trinajstić information content (AvgIpc) is 2.48. The molecule has 1 aromatic carbocycles. The first-order chi connectivity index (χ1) is 10.2. The summed E-state index contributed by atoms with van der Waals surface area (Å²) < 4.78 is 10.0. The normalized spacial score (nSPS) is 11.5. The minimum atomic E-state index is -0.735. The van der Waals surface area contributed by atoms with Crippen molar-refractivity contribution in [3.63, 3.8) is 0 Å². The Balaban J connectivity index is 2.60. The number of carbonyl (C=O) groups is 2. The summed E-state index contributed by atoms with van der Waals surface area (Å²) in [6.45, 7) is 4.37. The van der Waals surface area contributed by atoms with Crippen LogP contribution in [0.3, 0.4) is 0 Å². The van der Waals surface area contributed by atoms with Crippen molar-refractivity contribution in [3.05, 3.63) is 35.9 Å². The Kier molecular flexibility index (Phi) is 7.94. The van der Waals surface area contributed by atoms with Gasteiger partial charge in [0.25, 0.3) is 0 Å². The number of alkyl carbamates (subject to hydrolysis) is 1. The fourth-order valence-electron chi connectivity index (χ4n) is 1.78. The molecule has 0 aromatic heterocycles. The summed E-state index contributed by atoms with van der Waals surface area (Å²) in [4.78, 5) is 23.6. The largest absolute Gasteiger partial charge is 0.464 e. The van der Waals surface area contributed by atoms with Crippen LogP contribution in [0, 0.1) is 0 Å². The lowest BCUT2D eigenvalue weighted by molar-refractivity contribution is -0.145. The monoisotopic (exact) mass is 293 g/mol. The standard InChI is InChI=1S/C16H23NO4/c1-3-5-11-21-16(19)17-14(15(18)20-4-2)12-13-9-7-6-8-10-13/h6-10,14H,3-5,11-12H2,1-2H3,(H,17,19). The van der Waals surface area contributed by atoms with Gasteiger partial charge in [-0.3, -0.25) is 0 Å². The third kappa shape index (κ3) is 6.79. The molecule has 116 valence electrons. The van der Waals surface area contributed by atoms with Crippen LogP contribution in [0.2, 0.25) is 0 Å². The van der Waals surface area contributed by atoms with Gasteiger partial charge in [-0.25, -0.2) is 9.59 Å². The van der Waals surface area contributed by atoms with E-state index in [1.807, 2.05) is 37.3 Å². The predicted octanol–water partition coefficient (Wildman–Crippen LogP) is 2.69. The molecule has 0 aliphatic rings. The molecule has 0 heterocycles. The number of hydrogen-bond donors (Lipinski definition) is 1. The van der Waals surface area contributed by atoms with Gasteiger partial charge in [0.15, 0.2) is 0 Å². The summed E-state index contributed by atoms with van der Waals surface area (Å²) in [5.41, 5.74) is 0.949. The highest BCUT2D eigenvalue weighted by atomic mass is 16.6. The van der Waals surface area contributed by atoms with Crippen LogP contribution >= 0.6 is 0 Å². The summed E-state index contributed by atoms with van der Waals surface area (Å²) in [7, 11) is 0. The SMILES string of the molecule is CCCCOC(=O)NC(Cc1ccccc1)C(=O)OCC. The fourth-order valence-corrected chi connectivity index (χ4v) is 1.78. The van der Waals surface area contributed by atoms with Crippen LogP contribution in [0.25, 0.3) is 0 Å². The molecule has 0 fully saturated rings. The lowest BCUT2D eigenvalue weighted by atomic mass is 10.1. The quantitative estimate of drug-likeness (QED) is 0.591. The number of carbonyl (C=O) groups excluding carboxylic acids is 2. The second-order valence-electron chi connectivity index (χ2n) is 4.63. The molecule has 0 aliphatic carbocycles. The molecule has 0 radical (unpaired) electrons. The second-order valence-corrected chi connectivity index (χ2v) is 4.63. The smallest absolute Gasteiger partial charge is 0.407 e. The van der Waals surface area contributed by atoms with E-state index in [-0.39, 0.29) is 6.61 Å². The maximum atomic E-state index is 11.9. The summed E-state index contributed by atoms with van der Waals surface area (Å²) in [5, 5.41) is 2.57. The van der Waals surface area contributed by atoms with E-state index in [0.717, 1.165) is 18.4 Å². The van der Waals surface area contributed by atoms with Gasteiger partial charge < -0.3 is 14.8 Å². The number of unbranched alkanes of at least 4 members (excludes halogenated alkanes) is 1. The van der Waals surface area contributed by atoms with Crippen molar-refractivity contribution >= 4 is 12.1 Å². The van der Waals surface area contributed by atoms with Gasteiger partial charge in [-0.1, -0.05) is 43.7 Å². The Labute approximate surface area is 125 Å². The predicted molar refractivity (Wildman–Crippen MR) is 80.0 cm³/mol. The van der Waals surface area contributed by atoms with Gasteiger partial charge in [-0.2, -0.15) is 0 Å². The second kappa shape index (κ2) is 9.80. The molecule has 0 saturated carbocycles. The van der Waals surface area contributed by atoms with Crippen molar-refractivity contribution < 1.29 is 19.1 Å². The number of nitrogens with one attached hydrogen (secondary N) is 1. The Morgan fingerprint density at radius 3 is 2.48 bits per heavy atom. The van der Waals surface area contributed by atoms with Gasteiger partial charge in [0.05, 0.1) is 13.2 Å². The molecular weight excluding hydrogens is 270 g/mol. The van der Waals surface area contributed by atoms with Gasteiger partial charge in [0, 0.05) is 6.42 Å². The van der Waals surface area contributed by atoms with Crippen LogP contribution in [-0.2, 0) is 20.7 Å². The van der Waals surface area contributed by atoms with Crippen molar-refractivity contribution in [2.24, 2.45) is 0 Å². The number of esters is 1. The van der Waals surface area contributed by atoms with Crippen molar-refractivity contribution in [1.29, 1.82) is 0 Å². The van der Waals surface area contributed by atoms with Gasteiger partial charge in [-0.05, 0) is 18.9 Å². The number of benzene rings is 1. The topological polar surface area (TPSA) is 64.6 Å². The van der Waals surface area contributed by atoms with Gasteiger partial charge in [-0.15, -0.1) is 0 Å². The summed E-state index contributed by atoms with van der Waals surface area (Å²) in [6.07, 6.45) is 1.54. The number of hydrogen-bond acceptors (Lipinski definition) is 4. The maximum absolute atomic E-state index is 11.9. The zero-order chi connectivity index (χ0) is 15.5. The molecule has 1 aromatic rings. The van der Waals surface area contributed by atoms with Crippen LogP contribution in [-0.4, -0.2) is 31.3 Å². The molecular formula is C16H23NO4. The fraction of sp³-hybridized carbons (Fsp3) is 0.500. The zero-order valence-corrected chi connectivity index (χ0v) is 12.6. The van der Waals surface area contributed by atoms with Crippen LogP contribution < -0.4 is 5.32 Å². The van der Waals surface area contributed by atoms with E-state index in [1.54, 1.807) is 6.92 Å². The molecule has 0 saturated heterocycles. The third-order valence-electron chi connectivity index (χ3n) is 2.88. The third-order valence-corrected chi connectivity index (χ3v) is 2.88. The van der Waals surface area contributed by atoms with Crippen molar-refractivity contribution in [1.82, 2.24) is 5.32 Å². The minimum absolute atomic E-state index is 0.274. The Bertz CT molecular complexity index is 433. The van der Waals surface area contributed by atoms with E-state index >= 15 is 0 Å². The van der Waals surface area contributed by atoms with Crippen LogP contribution in [0.1, 0.15) is 32.3 Å². The first kappa shape index (κ1) is 17.0. The highest BCUT2D eigenvalue weighted by Gasteiger charge is 2.23. The molecule has 1 amide bonds. The Morgan fingerprint density at radius 2 is 1.86 bits per heavy atom. The molecule has 5 nitrogen and oxygen atoms in total. The lowest BCUT2D eigenvalue weighted by Crippen LogP contribution is -2.43. The molecule has 1 atom stereocenters. The molecule has 1 rings (SSSR count). The zero-order valence-electron chi connectivity index (χ0n) is 12.6. The minimum Gasteiger partial charge on any atom is -0.464 e. The van der Waals surface area contributed by atoms with Gasteiger partial charge >= 0.3 is 12.1 Å². The molecule has 1 unspecified atom stereocenters. The Morgan fingerprint density at radius 1 is 1.14 bits per heavy atom. The first-order valence-corrected chi connectivity index (χ1v) is 7.31. The van der Waals surface area contributed by atoms with E-state index in [2.05, 4.69) is 5.32 Å². The number of rotatable bonds is 8. The van der Waals surface area contributed by atoms with E-state index in [4.69, 9.17) is 9.47 Å². The van der Waals surface area contributed by atoms with E-state index < -0.39 is 18.1 Å². The van der Waals surface area contributed by atoms with Crippen molar-refractivity contribution in [2.75, 3.05) is 13.2 Å². The first-order valence-electron chi connectivity index (χ1n) is 7.31. The van der Waals surface area contributed by atoms with Gasteiger partial charge in [0.2, 0.25) is 0 Å². The molecule has 1 N–H and O–H groups in total. The Hall–Kier alpha value is -2.04. The van der Waals surface area contributed by atoms with E-state index in [0.29, 0.717) is 13.0 Å². The highest BCUT2D eigenvalue weighted by molar-refractivity contribution is 5.81. The summed E-state index contributed by atoms with van der Waals surface area (Å²) in [5.74, 6) is -0.450. The molecule has 21 heavy (non-hydrogen) atoms. The highest BCUT2D eigenvalue weighted by Crippen LogP contribution is 2.05. The lowest BCUT2D eigenvalue weighted by Gasteiger charge is -2.17. The molecule has 0 spiro atoms. The van der Waals surface area contributed by atoms with Crippen LogP contribution in [0.5, 0.6) is 0 Å². The molecule has 0 bridgehead atoms. The summed E-state index contributed by atoms with van der Waals surface area (Å²) >= 11 is 0. The van der Waals surface area contributed by atoms with Crippen LogP contribution in [0.4, 0.5) is 4.79 Å². The van der Waals surface area contributed by atoms with Crippen LogP contribution in [0.15, 0.2) is 30.3 Å². The molecule has 0 aliphatic heterocycles.